The van der Waals surface area contributed by atoms with E-state index in [-0.39, 0.29) is 37.5 Å². The number of ether oxygens (including phenoxy) is 3. The van der Waals surface area contributed by atoms with Crippen molar-refractivity contribution < 1.29 is 28.6 Å². The van der Waals surface area contributed by atoms with E-state index in [1.165, 1.54) is 167 Å². The lowest BCUT2D eigenvalue weighted by molar-refractivity contribution is -0.167. The van der Waals surface area contributed by atoms with Crippen LogP contribution in [-0.2, 0) is 28.6 Å². The lowest BCUT2D eigenvalue weighted by Crippen LogP contribution is -2.30. The lowest BCUT2D eigenvalue weighted by Gasteiger charge is -2.18. The predicted molar refractivity (Wildman–Crippen MR) is 343 cm³/mol. The van der Waals surface area contributed by atoms with Gasteiger partial charge in [0.1, 0.15) is 13.2 Å². The molecular formula is C73H124O6. The number of hydrogen-bond donors (Lipinski definition) is 0. The van der Waals surface area contributed by atoms with Crippen molar-refractivity contribution in [1.29, 1.82) is 0 Å². The van der Waals surface area contributed by atoms with Crippen LogP contribution < -0.4 is 0 Å². The van der Waals surface area contributed by atoms with Crippen molar-refractivity contribution in [2.24, 2.45) is 0 Å². The minimum absolute atomic E-state index is 0.0922. The van der Waals surface area contributed by atoms with Gasteiger partial charge in [-0.25, -0.2) is 0 Å². The molecule has 0 saturated heterocycles. The summed E-state index contributed by atoms with van der Waals surface area (Å²) in [6, 6.07) is 0. The van der Waals surface area contributed by atoms with Gasteiger partial charge in [0.15, 0.2) is 6.10 Å². The topological polar surface area (TPSA) is 78.9 Å². The molecule has 1 unspecified atom stereocenters. The van der Waals surface area contributed by atoms with E-state index in [9.17, 15) is 14.4 Å². The molecule has 79 heavy (non-hydrogen) atoms. The smallest absolute Gasteiger partial charge is 0.306 e. The Balaban J connectivity index is 4.42. The average molecular weight is 1100 g/mol. The van der Waals surface area contributed by atoms with E-state index in [1.54, 1.807) is 0 Å². The summed E-state index contributed by atoms with van der Waals surface area (Å²) in [7, 11) is 0. The van der Waals surface area contributed by atoms with E-state index >= 15 is 0 Å². The maximum absolute atomic E-state index is 12.9. The van der Waals surface area contributed by atoms with Crippen molar-refractivity contribution in [3.63, 3.8) is 0 Å². The molecule has 0 bridgehead atoms. The van der Waals surface area contributed by atoms with E-state index < -0.39 is 6.10 Å². The Morgan fingerprint density at radius 1 is 0.266 bits per heavy atom. The van der Waals surface area contributed by atoms with Crippen molar-refractivity contribution in [2.45, 2.75) is 322 Å². The van der Waals surface area contributed by atoms with Crippen molar-refractivity contribution in [1.82, 2.24) is 0 Å². The van der Waals surface area contributed by atoms with E-state index in [0.717, 1.165) is 103 Å². The SMILES string of the molecule is CC/C=C\C/C=C\C/C=C\C/C=C\C/C=C\C/C=C\C/C=C\C/C=C\C/C=C\CCCC(=O)OCC(COC(=O)CCCCCCCCCCCCCCCC)OC(=O)CCCCCCCCCCCCCCCCCCCC. The molecule has 0 N–H and O–H groups in total. The fourth-order valence-electron chi connectivity index (χ4n) is 9.33. The van der Waals surface area contributed by atoms with Crippen LogP contribution in [0.3, 0.4) is 0 Å². The van der Waals surface area contributed by atoms with Crippen molar-refractivity contribution in [3.8, 4) is 0 Å². The minimum Gasteiger partial charge on any atom is -0.462 e. The Hall–Kier alpha value is -3.93. The normalized spacial score (nSPS) is 12.8. The molecule has 6 heteroatoms. The number of esters is 3. The molecule has 6 nitrogen and oxygen atoms in total. The molecule has 452 valence electrons. The summed E-state index contributed by atoms with van der Waals surface area (Å²) in [6.07, 6.45) is 91.0. The molecule has 0 aliphatic heterocycles. The summed E-state index contributed by atoms with van der Waals surface area (Å²) < 4.78 is 16.9. The fourth-order valence-corrected chi connectivity index (χ4v) is 9.33. The third-order valence-electron chi connectivity index (χ3n) is 14.3. The number of allylic oxidation sites excluding steroid dienone is 18. The highest BCUT2D eigenvalue weighted by atomic mass is 16.6. The Labute approximate surface area is 489 Å². The zero-order chi connectivity index (χ0) is 57.1. The molecule has 0 aromatic heterocycles. The number of unbranched alkanes of at least 4 members (excludes halogenated alkanes) is 31. The Kier molecular flexibility index (Phi) is 63.3. The molecule has 0 aromatic rings. The molecule has 0 heterocycles. The first-order valence-corrected chi connectivity index (χ1v) is 33.4. The number of rotatable bonds is 60. The van der Waals surface area contributed by atoms with Crippen LogP contribution in [0.2, 0.25) is 0 Å². The third-order valence-corrected chi connectivity index (χ3v) is 14.3. The van der Waals surface area contributed by atoms with Crippen LogP contribution in [0.1, 0.15) is 316 Å². The molecular weight excluding hydrogens is 973 g/mol. The van der Waals surface area contributed by atoms with E-state index in [1.807, 2.05) is 0 Å². The van der Waals surface area contributed by atoms with Crippen LogP contribution in [0, 0.1) is 0 Å². The molecule has 0 radical (unpaired) electrons. The molecule has 1 atom stereocenters. The average Bonchev–Trinajstić information content (AvgIpc) is 3.45. The van der Waals surface area contributed by atoms with Crippen LogP contribution in [-0.4, -0.2) is 37.2 Å². The molecule has 0 fully saturated rings. The third kappa shape index (κ3) is 64.8. The van der Waals surface area contributed by atoms with Crippen LogP contribution in [0.5, 0.6) is 0 Å². The minimum atomic E-state index is -0.800. The summed E-state index contributed by atoms with van der Waals surface area (Å²) >= 11 is 0. The summed E-state index contributed by atoms with van der Waals surface area (Å²) in [5.41, 5.74) is 0. The van der Waals surface area contributed by atoms with Gasteiger partial charge >= 0.3 is 17.9 Å². The summed E-state index contributed by atoms with van der Waals surface area (Å²) in [6.45, 7) is 6.52. The van der Waals surface area contributed by atoms with Gasteiger partial charge in [-0.2, -0.15) is 0 Å². The molecule has 0 spiro atoms. The van der Waals surface area contributed by atoms with E-state index in [0.29, 0.717) is 19.3 Å². The quantitative estimate of drug-likeness (QED) is 0.0261. The van der Waals surface area contributed by atoms with E-state index in [4.69, 9.17) is 14.2 Å². The Morgan fingerprint density at radius 3 is 0.772 bits per heavy atom. The first-order chi connectivity index (χ1) is 39.0. The zero-order valence-electron chi connectivity index (χ0n) is 51.9. The van der Waals surface area contributed by atoms with Crippen LogP contribution in [0.15, 0.2) is 109 Å². The number of carbonyl (C=O) groups is 3. The number of carbonyl (C=O) groups excluding carboxylic acids is 3. The molecule has 0 saturated carbocycles. The first kappa shape index (κ1) is 75.1. The maximum Gasteiger partial charge on any atom is 0.306 e. The van der Waals surface area contributed by atoms with Gasteiger partial charge in [-0.15, -0.1) is 0 Å². The second-order valence-corrected chi connectivity index (χ2v) is 22.0. The molecule has 0 aliphatic rings. The van der Waals surface area contributed by atoms with Gasteiger partial charge in [-0.3, -0.25) is 14.4 Å². The highest BCUT2D eigenvalue weighted by Crippen LogP contribution is 2.17. The van der Waals surface area contributed by atoms with Crippen molar-refractivity contribution in [2.75, 3.05) is 13.2 Å². The monoisotopic (exact) mass is 1100 g/mol. The van der Waals surface area contributed by atoms with Gasteiger partial charge in [-0.1, -0.05) is 323 Å². The highest BCUT2D eigenvalue weighted by Gasteiger charge is 2.19. The molecule has 0 amide bonds. The predicted octanol–water partition coefficient (Wildman–Crippen LogP) is 23.0. The largest absolute Gasteiger partial charge is 0.462 e. The van der Waals surface area contributed by atoms with E-state index in [2.05, 4.69) is 130 Å². The molecule has 0 aliphatic carbocycles. The highest BCUT2D eigenvalue weighted by molar-refractivity contribution is 5.71. The van der Waals surface area contributed by atoms with Crippen LogP contribution in [0.4, 0.5) is 0 Å². The number of hydrogen-bond acceptors (Lipinski definition) is 6. The summed E-state index contributed by atoms with van der Waals surface area (Å²) in [4.78, 5) is 38.3. The second kappa shape index (κ2) is 66.6. The van der Waals surface area contributed by atoms with Crippen LogP contribution >= 0.6 is 0 Å². The second-order valence-electron chi connectivity index (χ2n) is 22.0. The van der Waals surface area contributed by atoms with Gasteiger partial charge in [0.05, 0.1) is 0 Å². The summed E-state index contributed by atoms with van der Waals surface area (Å²) in [5.74, 6) is -0.941. The van der Waals surface area contributed by atoms with Gasteiger partial charge in [-0.05, 0) is 83.5 Å². The Morgan fingerprint density at radius 2 is 0.494 bits per heavy atom. The lowest BCUT2D eigenvalue weighted by atomic mass is 10.0. The fraction of sp³-hybridized carbons (Fsp3) is 0.712. The molecule has 0 aromatic carbocycles. The molecule has 0 rings (SSSR count). The first-order valence-electron chi connectivity index (χ1n) is 33.4. The van der Waals surface area contributed by atoms with Gasteiger partial charge in [0.2, 0.25) is 0 Å². The van der Waals surface area contributed by atoms with Gasteiger partial charge in [0.25, 0.3) is 0 Å². The standard InChI is InChI=1S/C73H124O6/c1-4-7-10-13-16-19-22-25-28-30-32-33-34-35-36-37-38-39-40-41-42-44-45-48-51-54-57-60-63-66-72(75)78-69-70(68-77-71(74)65-62-59-56-53-50-47-27-24-21-18-15-12-9-6-3)79-73(76)67-64-61-58-55-52-49-46-43-31-29-26-23-20-17-14-11-8-5-2/h7,10,16,19,25,28,32-33,35-36,38-39,41-42,45,48,54,57,70H,4-6,8-9,11-15,17-18,20-24,26-27,29-31,34,37,40,43-44,46-47,49-53,55-56,58-69H2,1-3H3/b10-7-,19-16-,28-25-,33-32-,36-35-,39-38-,42-41-,48-45-,57-54-. The van der Waals surface area contributed by atoms with Crippen molar-refractivity contribution >= 4 is 17.9 Å². The van der Waals surface area contributed by atoms with Gasteiger partial charge < -0.3 is 14.2 Å². The Bertz CT molecular complexity index is 1590. The van der Waals surface area contributed by atoms with Crippen LogP contribution in [0.25, 0.3) is 0 Å². The zero-order valence-corrected chi connectivity index (χ0v) is 51.9. The maximum atomic E-state index is 12.9. The van der Waals surface area contributed by atoms with Crippen molar-refractivity contribution in [3.05, 3.63) is 109 Å². The van der Waals surface area contributed by atoms with Gasteiger partial charge in [0, 0.05) is 19.3 Å². The summed E-state index contributed by atoms with van der Waals surface area (Å²) in [5, 5.41) is 0.